The summed E-state index contributed by atoms with van der Waals surface area (Å²) in [6, 6.07) is 0. The third-order valence-electron chi connectivity index (χ3n) is 2.11. The molecule has 0 aliphatic carbocycles. The minimum Gasteiger partial charge on any atom is -0.326 e. The topological polar surface area (TPSA) is 51.8 Å². The van der Waals surface area contributed by atoms with Gasteiger partial charge in [-0.2, -0.15) is 0 Å². The van der Waals surface area contributed by atoms with Crippen molar-refractivity contribution in [2.75, 3.05) is 6.26 Å². The van der Waals surface area contributed by atoms with E-state index in [1.54, 1.807) is 11.8 Å². The van der Waals surface area contributed by atoms with Crippen LogP contribution >= 0.6 is 11.8 Å². The summed E-state index contributed by atoms with van der Waals surface area (Å²) in [5.74, 6) is 1.27. The predicted octanol–water partition coefficient (Wildman–Crippen LogP) is 2.09. The van der Waals surface area contributed by atoms with Crippen LogP contribution < -0.4 is 5.73 Å². The minimum atomic E-state index is 0.367. The predicted molar refractivity (Wildman–Crippen MR) is 60.5 cm³/mol. The summed E-state index contributed by atoms with van der Waals surface area (Å²) in [6.07, 6.45) is 2.02. The minimum absolute atomic E-state index is 0.367. The average molecular weight is 211 g/mol. The quantitative estimate of drug-likeness (QED) is 0.614. The van der Waals surface area contributed by atoms with Crippen LogP contribution in [0.2, 0.25) is 0 Å². The van der Waals surface area contributed by atoms with Gasteiger partial charge in [-0.25, -0.2) is 9.97 Å². The van der Waals surface area contributed by atoms with Crippen LogP contribution in [0.15, 0.2) is 5.03 Å². The Balaban J connectivity index is 3.24. The second-order valence-corrected chi connectivity index (χ2v) is 4.31. The molecule has 0 aliphatic heterocycles. The number of hydrogen-bond donors (Lipinski definition) is 1. The normalized spacial score (nSPS) is 11.0. The summed E-state index contributed by atoms with van der Waals surface area (Å²) >= 11 is 1.63. The summed E-state index contributed by atoms with van der Waals surface area (Å²) in [5, 5.41) is 1.02. The summed E-state index contributed by atoms with van der Waals surface area (Å²) in [4.78, 5) is 8.94. The maximum absolute atomic E-state index is 5.66. The first-order chi connectivity index (χ1) is 6.60. The molecule has 4 heteroatoms. The van der Waals surface area contributed by atoms with Crippen LogP contribution in [0.3, 0.4) is 0 Å². The molecule has 0 aromatic carbocycles. The fourth-order valence-corrected chi connectivity index (χ4v) is 1.91. The van der Waals surface area contributed by atoms with Gasteiger partial charge in [0.25, 0.3) is 0 Å². The molecule has 3 nitrogen and oxygen atoms in total. The smallest absolute Gasteiger partial charge is 0.132 e. The Morgan fingerprint density at radius 1 is 1.36 bits per heavy atom. The lowest BCUT2D eigenvalue weighted by molar-refractivity contribution is 0.728. The fourth-order valence-electron chi connectivity index (χ4n) is 1.25. The molecule has 1 aromatic heterocycles. The van der Waals surface area contributed by atoms with E-state index in [1.807, 2.05) is 13.2 Å². The molecule has 14 heavy (non-hydrogen) atoms. The largest absolute Gasteiger partial charge is 0.326 e. The highest BCUT2D eigenvalue weighted by Crippen LogP contribution is 2.22. The van der Waals surface area contributed by atoms with Crippen molar-refractivity contribution in [1.82, 2.24) is 9.97 Å². The van der Waals surface area contributed by atoms with Crippen LogP contribution in [0.5, 0.6) is 0 Å². The van der Waals surface area contributed by atoms with Gasteiger partial charge >= 0.3 is 0 Å². The molecule has 0 atom stereocenters. The molecule has 0 radical (unpaired) electrons. The van der Waals surface area contributed by atoms with E-state index in [2.05, 4.69) is 23.8 Å². The number of thioether (sulfide) groups is 1. The lowest BCUT2D eigenvalue weighted by Gasteiger charge is -2.11. The Morgan fingerprint density at radius 2 is 2.00 bits per heavy atom. The van der Waals surface area contributed by atoms with Gasteiger partial charge in [-0.15, -0.1) is 11.8 Å². The zero-order valence-corrected chi connectivity index (χ0v) is 9.98. The highest BCUT2D eigenvalue weighted by atomic mass is 32.2. The molecule has 0 saturated carbocycles. The first-order valence-electron chi connectivity index (χ1n) is 4.71. The molecule has 0 fully saturated rings. The van der Waals surface area contributed by atoms with Crippen molar-refractivity contribution in [1.29, 1.82) is 0 Å². The Labute approximate surface area is 89.5 Å². The van der Waals surface area contributed by atoms with E-state index in [4.69, 9.17) is 5.73 Å². The number of nitrogens with zero attached hydrogens (tertiary/aromatic N) is 2. The highest BCUT2D eigenvalue weighted by Gasteiger charge is 2.11. The van der Waals surface area contributed by atoms with Crippen LogP contribution in [0.4, 0.5) is 0 Å². The number of aromatic nitrogens is 2. The summed E-state index contributed by atoms with van der Waals surface area (Å²) in [6.45, 7) is 6.71. The van der Waals surface area contributed by atoms with Gasteiger partial charge in [-0.1, -0.05) is 13.8 Å². The zero-order valence-electron chi connectivity index (χ0n) is 9.16. The third kappa shape index (κ3) is 2.25. The van der Waals surface area contributed by atoms with Gasteiger partial charge in [0, 0.05) is 23.7 Å². The van der Waals surface area contributed by atoms with E-state index in [9.17, 15) is 0 Å². The first kappa shape index (κ1) is 11.5. The molecule has 0 saturated heterocycles. The number of nitrogens with two attached hydrogens (primary N) is 1. The second-order valence-electron chi connectivity index (χ2n) is 3.51. The number of rotatable bonds is 3. The molecular weight excluding hydrogens is 194 g/mol. The molecule has 0 amide bonds. The van der Waals surface area contributed by atoms with Gasteiger partial charge in [0.05, 0.1) is 0 Å². The lowest BCUT2D eigenvalue weighted by Crippen LogP contribution is -2.09. The highest BCUT2D eigenvalue weighted by molar-refractivity contribution is 7.98. The van der Waals surface area contributed by atoms with E-state index >= 15 is 0 Å². The van der Waals surface area contributed by atoms with Crippen molar-refractivity contribution in [3.05, 3.63) is 17.1 Å². The van der Waals surface area contributed by atoms with Crippen molar-refractivity contribution in [3.8, 4) is 0 Å². The van der Waals surface area contributed by atoms with E-state index in [0.717, 1.165) is 22.1 Å². The van der Waals surface area contributed by atoms with Gasteiger partial charge in [-0.05, 0) is 13.2 Å². The van der Waals surface area contributed by atoms with Gasteiger partial charge in [0.1, 0.15) is 10.9 Å². The van der Waals surface area contributed by atoms with Crippen LogP contribution in [0.25, 0.3) is 0 Å². The second kappa shape index (κ2) is 4.75. The van der Waals surface area contributed by atoms with Crippen molar-refractivity contribution in [2.45, 2.75) is 38.3 Å². The Hall–Kier alpha value is -0.610. The molecule has 1 aromatic rings. The Morgan fingerprint density at radius 3 is 2.43 bits per heavy atom. The SMILES string of the molecule is CSc1nc(C(C)C)nc(C)c1CN. The van der Waals surface area contributed by atoms with Gasteiger partial charge in [0.15, 0.2) is 0 Å². The fraction of sp³-hybridized carbons (Fsp3) is 0.600. The summed E-state index contributed by atoms with van der Waals surface area (Å²) in [7, 11) is 0. The molecule has 1 heterocycles. The standard InChI is InChI=1S/C10H17N3S/c1-6(2)9-12-7(3)8(5-11)10(13-9)14-4/h6H,5,11H2,1-4H3. The Bertz CT molecular complexity index is 323. The molecule has 0 bridgehead atoms. The van der Waals surface area contributed by atoms with Gasteiger partial charge < -0.3 is 5.73 Å². The van der Waals surface area contributed by atoms with Crippen molar-refractivity contribution < 1.29 is 0 Å². The Kier molecular flexibility index (Phi) is 3.89. The summed E-state index contributed by atoms with van der Waals surface area (Å²) in [5.41, 5.74) is 7.74. The zero-order chi connectivity index (χ0) is 10.7. The average Bonchev–Trinajstić information content (AvgIpc) is 2.16. The molecule has 2 N–H and O–H groups in total. The first-order valence-corrected chi connectivity index (χ1v) is 5.94. The van der Waals surface area contributed by atoms with Crippen molar-refractivity contribution in [2.24, 2.45) is 5.73 Å². The molecule has 0 spiro atoms. The molecule has 0 aliphatic rings. The van der Waals surface area contributed by atoms with E-state index in [-0.39, 0.29) is 0 Å². The number of hydrogen-bond acceptors (Lipinski definition) is 4. The van der Waals surface area contributed by atoms with Crippen molar-refractivity contribution in [3.63, 3.8) is 0 Å². The van der Waals surface area contributed by atoms with Gasteiger partial charge in [-0.3, -0.25) is 0 Å². The molecule has 0 unspecified atom stereocenters. The lowest BCUT2D eigenvalue weighted by atomic mass is 10.2. The number of aryl methyl sites for hydroxylation is 1. The molecule has 1 rings (SSSR count). The van der Waals surface area contributed by atoms with Crippen LogP contribution in [-0.4, -0.2) is 16.2 Å². The van der Waals surface area contributed by atoms with Crippen LogP contribution in [0.1, 0.15) is 36.8 Å². The monoisotopic (exact) mass is 211 g/mol. The molecular formula is C10H17N3S. The summed E-state index contributed by atoms with van der Waals surface area (Å²) < 4.78 is 0. The van der Waals surface area contributed by atoms with E-state index in [1.165, 1.54) is 0 Å². The maximum atomic E-state index is 5.66. The van der Waals surface area contributed by atoms with Crippen LogP contribution in [-0.2, 0) is 6.54 Å². The maximum Gasteiger partial charge on any atom is 0.132 e. The third-order valence-corrected chi connectivity index (χ3v) is 2.83. The molecule has 78 valence electrons. The van der Waals surface area contributed by atoms with Crippen molar-refractivity contribution >= 4 is 11.8 Å². The van der Waals surface area contributed by atoms with Crippen LogP contribution in [0, 0.1) is 6.92 Å². The van der Waals surface area contributed by atoms with E-state index in [0.29, 0.717) is 12.5 Å². The van der Waals surface area contributed by atoms with Gasteiger partial charge in [0.2, 0.25) is 0 Å². The van der Waals surface area contributed by atoms with E-state index < -0.39 is 0 Å².